The quantitative estimate of drug-likeness (QED) is 0.647. The second-order valence-corrected chi connectivity index (χ2v) is 8.97. The Kier molecular flexibility index (Phi) is 6.33. The van der Waals surface area contributed by atoms with Gasteiger partial charge >= 0.3 is 5.97 Å². The van der Waals surface area contributed by atoms with E-state index in [1.54, 1.807) is 19.1 Å². The van der Waals surface area contributed by atoms with E-state index in [0.29, 0.717) is 0 Å². The minimum Gasteiger partial charge on any atom is -0.495 e. The van der Waals surface area contributed by atoms with Gasteiger partial charge in [-0.15, -0.1) is 0 Å². The summed E-state index contributed by atoms with van der Waals surface area (Å²) in [6.45, 7) is 3.51. The van der Waals surface area contributed by atoms with Crippen LogP contribution in [0.15, 0.2) is 41.3 Å². The Labute approximate surface area is 175 Å². The van der Waals surface area contributed by atoms with Crippen molar-refractivity contribution < 1.29 is 31.8 Å². The number of rotatable bonds is 6. The van der Waals surface area contributed by atoms with Gasteiger partial charge in [0.1, 0.15) is 22.8 Å². The van der Waals surface area contributed by atoms with E-state index in [9.17, 15) is 17.6 Å². The Balaban J connectivity index is 1.98. The predicted molar refractivity (Wildman–Crippen MR) is 108 cm³/mol. The Morgan fingerprint density at radius 3 is 2.40 bits per heavy atom. The van der Waals surface area contributed by atoms with Crippen LogP contribution in [0.2, 0.25) is 0 Å². The molecule has 2 unspecified atom stereocenters. The summed E-state index contributed by atoms with van der Waals surface area (Å²) in [5.74, 6) is -1.10. The maximum Gasteiger partial charge on any atom is 0.324 e. The highest BCUT2D eigenvalue weighted by molar-refractivity contribution is 7.89. The first kappa shape index (κ1) is 22.0. The van der Waals surface area contributed by atoms with Gasteiger partial charge < -0.3 is 14.2 Å². The molecule has 1 heterocycles. The molecule has 0 bridgehead atoms. The van der Waals surface area contributed by atoms with Gasteiger partial charge in [0, 0.05) is 6.42 Å². The number of esters is 1. The zero-order chi connectivity index (χ0) is 22.1. The molecule has 7 nitrogen and oxygen atoms in total. The normalized spacial score (nSPS) is 19.5. The number of halogens is 1. The molecule has 2 atom stereocenters. The molecule has 30 heavy (non-hydrogen) atoms. The number of aryl methyl sites for hydroxylation is 2. The summed E-state index contributed by atoms with van der Waals surface area (Å²) in [5.41, 5.74) is 1.64. The van der Waals surface area contributed by atoms with E-state index in [-0.39, 0.29) is 29.4 Å². The van der Waals surface area contributed by atoms with Gasteiger partial charge in [-0.3, -0.25) is 4.79 Å². The van der Waals surface area contributed by atoms with Crippen molar-refractivity contribution in [1.29, 1.82) is 0 Å². The lowest BCUT2D eigenvalue weighted by Crippen LogP contribution is -2.41. The molecule has 1 aliphatic heterocycles. The molecule has 1 aliphatic rings. The summed E-state index contributed by atoms with van der Waals surface area (Å²) in [4.78, 5) is 12.3. The van der Waals surface area contributed by atoms with Crippen molar-refractivity contribution in [3.63, 3.8) is 0 Å². The summed E-state index contributed by atoms with van der Waals surface area (Å²) < 4.78 is 57.7. The molecule has 1 saturated heterocycles. The van der Waals surface area contributed by atoms with Gasteiger partial charge in [-0.05, 0) is 49.2 Å². The molecule has 9 heteroatoms. The van der Waals surface area contributed by atoms with Crippen molar-refractivity contribution in [3.05, 3.63) is 53.3 Å². The van der Waals surface area contributed by atoms with Gasteiger partial charge in [0.25, 0.3) is 0 Å². The molecule has 1 fully saturated rings. The Morgan fingerprint density at radius 1 is 1.10 bits per heavy atom. The average Bonchev–Trinajstić information content (AvgIpc) is 3.15. The van der Waals surface area contributed by atoms with Crippen LogP contribution in [-0.4, -0.2) is 51.6 Å². The highest BCUT2D eigenvalue weighted by Crippen LogP contribution is 2.35. The molecule has 3 rings (SSSR count). The fourth-order valence-corrected chi connectivity index (χ4v) is 5.28. The number of nitrogens with zero attached hydrogens (tertiary/aromatic N) is 1. The first-order valence-corrected chi connectivity index (χ1v) is 10.8. The fourth-order valence-electron chi connectivity index (χ4n) is 3.44. The summed E-state index contributed by atoms with van der Waals surface area (Å²) in [7, 11) is -1.55. The fraction of sp³-hybridized carbons (Fsp3) is 0.381. The Hall–Kier alpha value is -2.65. The second-order valence-electron chi connectivity index (χ2n) is 7.11. The molecular formula is C21H24FNO6S. The largest absolute Gasteiger partial charge is 0.495 e. The Bertz CT molecular complexity index is 1060. The van der Waals surface area contributed by atoms with E-state index in [1.165, 1.54) is 38.5 Å². The van der Waals surface area contributed by atoms with E-state index in [0.717, 1.165) is 15.4 Å². The SMILES string of the molecule is COC(=O)C1CC(Oc2ccccc2F)CN1S(=O)(=O)c1cc(C)c(C)cc1OC. The molecule has 2 aromatic rings. The van der Waals surface area contributed by atoms with Crippen LogP contribution in [0.5, 0.6) is 11.5 Å². The lowest BCUT2D eigenvalue weighted by molar-refractivity contribution is -0.144. The summed E-state index contributed by atoms with van der Waals surface area (Å²) in [5, 5.41) is 0. The van der Waals surface area contributed by atoms with E-state index in [4.69, 9.17) is 14.2 Å². The number of hydrogen-bond acceptors (Lipinski definition) is 6. The maximum atomic E-state index is 14.0. The highest BCUT2D eigenvalue weighted by atomic mass is 32.2. The topological polar surface area (TPSA) is 82.1 Å². The molecule has 2 aromatic carbocycles. The summed E-state index contributed by atoms with van der Waals surface area (Å²) >= 11 is 0. The van der Waals surface area contributed by atoms with Crippen molar-refractivity contribution in [2.45, 2.75) is 37.3 Å². The van der Waals surface area contributed by atoms with Crippen LogP contribution in [0.1, 0.15) is 17.5 Å². The molecule has 0 spiro atoms. The van der Waals surface area contributed by atoms with E-state index in [1.807, 2.05) is 6.92 Å². The first-order chi connectivity index (χ1) is 14.2. The van der Waals surface area contributed by atoms with Gasteiger partial charge in [-0.2, -0.15) is 4.31 Å². The van der Waals surface area contributed by atoms with Gasteiger partial charge in [-0.1, -0.05) is 12.1 Å². The number of sulfonamides is 1. The number of carbonyl (C=O) groups excluding carboxylic acids is 1. The minimum absolute atomic E-state index is 0.00544. The number of hydrogen-bond donors (Lipinski definition) is 0. The third-order valence-electron chi connectivity index (χ3n) is 5.19. The van der Waals surface area contributed by atoms with Crippen LogP contribution in [0, 0.1) is 19.7 Å². The number of ether oxygens (including phenoxy) is 3. The summed E-state index contributed by atoms with van der Waals surface area (Å²) in [6.07, 6.45) is -0.689. The number of para-hydroxylation sites is 1. The maximum absolute atomic E-state index is 14.0. The van der Waals surface area contributed by atoms with Gasteiger partial charge in [0.15, 0.2) is 11.6 Å². The molecule has 0 amide bonds. The highest BCUT2D eigenvalue weighted by Gasteiger charge is 2.46. The number of carbonyl (C=O) groups is 1. The van der Waals surface area contributed by atoms with Crippen LogP contribution in [0.25, 0.3) is 0 Å². The van der Waals surface area contributed by atoms with Crippen molar-refractivity contribution in [3.8, 4) is 11.5 Å². The van der Waals surface area contributed by atoms with Gasteiger partial charge in [-0.25, -0.2) is 12.8 Å². The molecular weight excluding hydrogens is 413 g/mol. The third-order valence-corrected chi connectivity index (χ3v) is 7.08. The second kappa shape index (κ2) is 8.61. The van der Waals surface area contributed by atoms with Crippen molar-refractivity contribution in [1.82, 2.24) is 4.31 Å². The molecule has 0 saturated carbocycles. The van der Waals surface area contributed by atoms with Crippen LogP contribution in [0.3, 0.4) is 0 Å². The smallest absolute Gasteiger partial charge is 0.324 e. The standard InChI is InChI=1S/C21H24FNO6S/c1-13-9-19(27-3)20(10-14(13)2)30(25,26)23-12-15(11-17(23)21(24)28-4)29-18-8-6-5-7-16(18)22/h5-10,15,17H,11-12H2,1-4H3. The van der Waals surface area contributed by atoms with Crippen LogP contribution < -0.4 is 9.47 Å². The van der Waals surface area contributed by atoms with Crippen LogP contribution in [-0.2, 0) is 19.6 Å². The zero-order valence-electron chi connectivity index (χ0n) is 17.2. The number of methoxy groups -OCH3 is 2. The van der Waals surface area contributed by atoms with E-state index < -0.39 is 34.0 Å². The zero-order valence-corrected chi connectivity index (χ0v) is 18.0. The molecule has 0 N–H and O–H groups in total. The average molecular weight is 437 g/mol. The number of benzene rings is 2. The monoisotopic (exact) mass is 437 g/mol. The van der Waals surface area contributed by atoms with Crippen LogP contribution >= 0.6 is 0 Å². The van der Waals surface area contributed by atoms with Crippen molar-refractivity contribution in [2.75, 3.05) is 20.8 Å². The Morgan fingerprint density at radius 2 is 1.77 bits per heavy atom. The van der Waals surface area contributed by atoms with E-state index in [2.05, 4.69) is 0 Å². The molecule has 0 radical (unpaired) electrons. The lowest BCUT2D eigenvalue weighted by Gasteiger charge is -2.23. The van der Waals surface area contributed by atoms with Gasteiger partial charge in [0.05, 0.1) is 20.8 Å². The van der Waals surface area contributed by atoms with Gasteiger partial charge in [0.2, 0.25) is 10.0 Å². The predicted octanol–water partition coefficient (Wildman–Crippen LogP) is 2.83. The minimum atomic E-state index is -4.13. The van der Waals surface area contributed by atoms with E-state index >= 15 is 0 Å². The molecule has 0 aromatic heterocycles. The molecule has 162 valence electrons. The third kappa shape index (κ3) is 4.13. The summed E-state index contributed by atoms with van der Waals surface area (Å²) in [6, 6.07) is 7.89. The lowest BCUT2D eigenvalue weighted by atomic mass is 10.1. The molecule has 0 aliphatic carbocycles. The van der Waals surface area contributed by atoms with Crippen LogP contribution in [0.4, 0.5) is 4.39 Å². The van der Waals surface area contributed by atoms with Crippen molar-refractivity contribution >= 4 is 16.0 Å². The first-order valence-electron chi connectivity index (χ1n) is 9.35. The van der Waals surface area contributed by atoms with Crippen molar-refractivity contribution in [2.24, 2.45) is 0 Å².